The number of carbonyl (C=O) groups excluding carboxylic acids is 2. The first-order valence-electron chi connectivity index (χ1n) is 13.8. The third kappa shape index (κ3) is 6.81. The van der Waals surface area contributed by atoms with E-state index < -0.39 is 30.6 Å². The lowest BCUT2D eigenvalue weighted by Gasteiger charge is -2.35. The fourth-order valence-electron chi connectivity index (χ4n) is 4.97. The van der Waals surface area contributed by atoms with E-state index in [1.807, 2.05) is 107 Å². The molecule has 6 heteroatoms. The van der Waals surface area contributed by atoms with Gasteiger partial charge >= 0.3 is 12.1 Å². The van der Waals surface area contributed by atoms with Crippen molar-refractivity contribution >= 4 is 40.2 Å². The highest BCUT2D eigenvalue weighted by Gasteiger charge is 2.39. The van der Waals surface area contributed by atoms with E-state index in [-0.39, 0.29) is 6.61 Å². The number of benzene rings is 4. The second-order valence-electron chi connectivity index (χ2n) is 10.8. The zero-order chi connectivity index (χ0) is 29.5. The maximum atomic E-state index is 14.4. The average Bonchev–Trinajstić information content (AvgIpc) is 2.96. The fourth-order valence-corrected chi connectivity index (χ4v) is 9.49. The molecule has 0 radical (unpaired) electrons. The number of ether oxygens (including phenoxy) is 2. The minimum absolute atomic E-state index is 0.188. The Balaban J connectivity index is 2.23. The van der Waals surface area contributed by atoms with Gasteiger partial charge in [0.2, 0.25) is 0 Å². The molecule has 0 aliphatic rings. The Morgan fingerprint density at radius 3 is 1.56 bits per heavy atom. The predicted octanol–water partition coefficient (Wildman–Crippen LogP) is 6.29. The highest BCUT2D eigenvalue weighted by molar-refractivity contribution is 7.96. The lowest BCUT2D eigenvalue weighted by Crippen LogP contribution is -2.44. The largest absolute Gasteiger partial charge is 0.463 e. The number of rotatable bonds is 8. The maximum Gasteiger partial charge on any atom is 0.408 e. The summed E-state index contributed by atoms with van der Waals surface area (Å²) in [6.07, 6.45) is -0.614. The summed E-state index contributed by atoms with van der Waals surface area (Å²) in [7, 11) is 0. The zero-order valence-corrected chi connectivity index (χ0v) is 25.2. The van der Waals surface area contributed by atoms with Gasteiger partial charge in [-0.05, 0) is 63.0 Å². The summed E-state index contributed by atoms with van der Waals surface area (Å²) in [6, 6.07) is 37.2. The predicted molar refractivity (Wildman–Crippen MR) is 170 cm³/mol. The molecule has 0 heterocycles. The minimum atomic E-state index is -2.92. The van der Waals surface area contributed by atoms with Crippen molar-refractivity contribution in [3.05, 3.63) is 126 Å². The molecule has 41 heavy (non-hydrogen) atoms. The highest BCUT2D eigenvalue weighted by atomic mass is 31.2. The molecule has 5 nitrogen and oxygen atoms in total. The molecule has 1 amide bonds. The Labute approximate surface area is 243 Å². The second-order valence-corrected chi connectivity index (χ2v) is 14.1. The number of nitrogens with one attached hydrogen (secondary N) is 1. The van der Waals surface area contributed by atoms with Gasteiger partial charge in [0.1, 0.15) is 5.60 Å². The van der Waals surface area contributed by atoms with Gasteiger partial charge in [0, 0.05) is 0 Å². The van der Waals surface area contributed by atoms with E-state index in [0.717, 1.165) is 27.0 Å². The van der Waals surface area contributed by atoms with E-state index in [1.54, 1.807) is 6.92 Å². The normalized spacial score (nSPS) is 12.2. The van der Waals surface area contributed by atoms with Crippen LogP contribution in [0.1, 0.15) is 44.9 Å². The molecule has 0 spiro atoms. The van der Waals surface area contributed by atoms with Crippen molar-refractivity contribution < 1.29 is 19.1 Å². The third-order valence-electron chi connectivity index (χ3n) is 6.62. The van der Waals surface area contributed by atoms with Crippen molar-refractivity contribution in [2.24, 2.45) is 0 Å². The van der Waals surface area contributed by atoms with Crippen LogP contribution in [0.25, 0.3) is 0 Å². The molecule has 0 bridgehead atoms. The van der Waals surface area contributed by atoms with Gasteiger partial charge in [-0.3, -0.25) is 0 Å². The number of hydrogen-bond donors (Lipinski definition) is 1. The molecule has 0 aliphatic heterocycles. The van der Waals surface area contributed by atoms with Crippen molar-refractivity contribution in [2.45, 2.75) is 46.3 Å². The van der Waals surface area contributed by atoms with Gasteiger partial charge < -0.3 is 14.8 Å². The molecule has 212 valence electrons. The summed E-state index contributed by atoms with van der Waals surface area (Å²) in [5, 5.41) is 6.49. The van der Waals surface area contributed by atoms with Crippen LogP contribution in [0.5, 0.6) is 0 Å². The number of carbonyl (C=O) groups is 2. The van der Waals surface area contributed by atoms with Crippen LogP contribution in [0.15, 0.2) is 115 Å². The van der Waals surface area contributed by atoms with Gasteiger partial charge in [-0.15, -0.1) is 0 Å². The SMILES string of the molecule is CCOC(=O)C([C@H](NC(=O)OC(C)(C)C)c1ccc(C)cc1)=P(c1ccccc1)(c1ccccc1)c1ccccc1. The molecule has 0 aliphatic carbocycles. The van der Waals surface area contributed by atoms with E-state index in [9.17, 15) is 9.59 Å². The standard InChI is InChI=1S/C35H38NO4P/c1-6-39-33(37)32(31(27-24-22-26(2)23-25-27)36-34(38)40-35(3,4)5)41(28-16-10-7-11-17-28,29-18-12-8-13-19-29)30-20-14-9-15-21-30/h7-25,31H,6H2,1-5H3,(H,36,38)/t31-/m1/s1. The number of aryl methyl sites for hydroxylation is 1. The Kier molecular flexibility index (Phi) is 9.52. The summed E-state index contributed by atoms with van der Waals surface area (Å²) in [5.41, 5.74) is 1.10. The van der Waals surface area contributed by atoms with Gasteiger partial charge in [-0.1, -0.05) is 121 Å². The van der Waals surface area contributed by atoms with E-state index in [0.29, 0.717) is 5.29 Å². The van der Waals surface area contributed by atoms with Crippen molar-refractivity contribution in [3.63, 3.8) is 0 Å². The smallest absolute Gasteiger partial charge is 0.408 e. The van der Waals surface area contributed by atoms with Crippen molar-refractivity contribution in [2.75, 3.05) is 6.61 Å². The van der Waals surface area contributed by atoms with Crippen LogP contribution in [-0.4, -0.2) is 29.6 Å². The first-order chi connectivity index (χ1) is 19.7. The van der Waals surface area contributed by atoms with Crippen LogP contribution in [-0.2, 0) is 14.3 Å². The van der Waals surface area contributed by atoms with Gasteiger partial charge in [0.05, 0.1) is 17.9 Å². The number of alkyl carbamates (subject to hydrolysis) is 1. The lowest BCUT2D eigenvalue weighted by atomic mass is 10.0. The molecular formula is C35H38NO4P. The molecule has 4 aromatic carbocycles. The first-order valence-corrected chi connectivity index (χ1v) is 15.6. The molecule has 4 rings (SSSR count). The van der Waals surface area contributed by atoms with Crippen molar-refractivity contribution in [1.29, 1.82) is 0 Å². The van der Waals surface area contributed by atoms with E-state index in [4.69, 9.17) is 9.47 Å². The van der Waals surface area contributed by atoms with E-state index in [2.05, 4.69) is 41.7 Å². The third-order valence-corrected chi connectivity index (χ3v) is 11.0. The van der Waals surface area contributed by atoms with Gasteiger partial charge in [0.25, 0.3) is 0 Å². The molecular weight excluding hydrogens is 529 g/mol. The topological polar surface area (TPSA) is 64.6 Å². The van der Waals surface area contributed by atoms with E-state index >= 15 is 0 Å². The Bertz CT molecular complexity index is 1410. The summed E-state index contributed by atoms with van der Waals surface area (Å²) in [5.74, 6) is -0.459. The van der Waals surface area contributed by atoms with Crippen molar-refractivity contribution in [1.82, 2.24) is 5.32 Å². The maximum absolute atomic E-state index is 14.4. The summed E-state index contributed by atoms with van der Waals surface area (Å²) in [4.78, 5) is 27.9. The monoisotopic (exact) mass is 567 g/mol. The number of hydrogen-bond acceptors (Lipinski definition) is 4. The summed E-state index contributed by atoms with van der Waals surface area (Å²) >= 11 is 0. The van der Waals surface area contributed by atoms with Gasteiger partial charge in [-0.2, -0.15) is 0 Å². The highest BCUT2D eigenvalue weighted by Crippen LogP contribution is 2.49. The quantitative estimate of drug-likeness (QED) is 0.201. The van der Waals surface area contributed by atoms with Gasteiger partial charge in [-0.25, -0.2) is 9.59 Å². The van der Waals surface area contributed by atoms with Crippen molar-refractivity contribution in [3.8, 4) is 0 Å². The minimum Gasteiger partial charge on any atom is -0.463 e. The molecule has 1 N–H and O–H groups in total. The van der Waals surface area contributed by atoms with Crippen LogP contribution in [0, 0.1) is 6.92 Å². The Morgan fingerprint density at radius 2 is 1.17 bits per heavy atom. The molecule has 1 atom stereocenters. The number of amides is 1. The van der Waals surface area contributed by atoms with Gasteiger partial charge in [0.15, 0.2) is 0 Å². The molecule has 0 aromatic heterocycles. The Hall–Kier alpha value is -4.08. The summed E-state index contributed by atoms with van der Waals surface area (Å²) < 4.78 is 11.6. The average molecular weight is 568 g/mol. The molecule has 0 unspecified atom stereocenters. The van der Waals surface area contributed by atoms with Crippen LogP contribution in [0.2, 0.25) is 0 Å². The lowest BCUT2D eigenvalue weighted by molar-refractivity contribution is -0.135. The van der Waals surface area contributed by atoms with Crippen LogP contribution >= 0.6 is 6.89 Å². The number of esters is 1. The molecule has 0 saturated heterocycles. The van der Waals surface area contributed by atoms with Crippen LogP contribution in [0.4, 0.5) is 4.79 Å². The van der Waals surface area contributed by atoms with E-state index in [1.165, 1.54) is 0 Å². The molecule has 0 fully saturated rings. The zero-order valence-electron chi connectivity index (χ0n) is 24.3. The summed E-state index contributed by atoms with van der Waals surface area (Å²) in [6.45, 7) is 6.53. The first kappa shape index (κ1) is 29.9. The van der Waals surface area contributed by atoms with Crippen LogP contribution in [0.3, 0.4) is 0 Å². The molecule has 4 aromatic rings. The Morgan fingerprint density at radius 1 is 0.732 bits per heavy atom. The second kappa shape index (κ2) is 13.1. The molecule has 0 saturated carbocycles. The fraction of sp³-hybridized carbons (Fsp3) is 0.229. The van der Waals surface area contributed by atoms with Crippen LogP contribution < -0.4 is 21.2 Å².